The minimum atomic E-state index is -0.724. The van der Waals surface area contributed by atoms with Crippen LogP contribution in [-0.2, 0) is 20.9 Å². The normalized spacial score (nSPS) is 28.8. The number of fused-ring (bicyclic) bond motifs is 1. The SMILES string of the molecule is C=CCN(CCCCC)C(=O)C1N(CCO)C(=O)[C@@H]2[C@@H](C(=O)N(CC=C)Cc3ccccc3)[C@@H]3SC12CC3Br. The smallest absolute Gasteiger partial charge is 0.247 e. The third-order valence-electron chi connectivity index (χ3n) is 8.22. The summed E-state index contributed by atoms with van der Waals surface area (Å²) in [7, 11) is 0. The predicted octanol–water partition coefficient (Wildman–Crippen LogP) is 3.86. The maximum absolute atomic E-state index is 14.2. The Hall–Kier alpha value is -2.10. The lowest BCUT2D eigenvalue weighted by molar-refractivity contribution is -0.145. The van der Waals surface area contributed by atoms with Crippen LogP contribution in [0.1, 0.15) is 38.2 Å². The number of hydrogen-bond acceptors (Lipinski definition) is 5. The van der Waals surface area contributed by atoms with Gasteiger partial charge in [0.05, 0.1) is 23.2 Å². The molecule has 3 heterocycles. The highest BCUT2D eigenvalue weighted by Crippen LogP contribution is 2.68. The Morgan fingerprint density at radius 2 is 1.85 bits per heavy atom. The molecule has 0 aliphatic carbocycles. The van der Waals surface area contributed by atoms with Gasteiger partial charge in [-0.05, 0) is 18.4 Å². The number of benzene rings is 1. The van der Waals surface area contributed by atoms with Gasteiger partial charge in [-0.15, -0.1) is 24.9 Å². The Balaban J connectivity index is 1.69. The van der Waals surface area contributed by atoms with Crippen LogP contribution in [0.3, 0.4) is 0 Å². The van der Waals surface area contributed by atoms with E-state index in [-0.39, 0.29) is 41.0 Å². The molecule has 4 rings (SSSR count). The first-order chi connectivity index (χ1) is 18.8. The number of halogens is 1. The highest BCUT2D eigenvalue weighted by molar-refractivity contribution is 9.09. The highest BCUT2D eigenvalue weighted by atomic mass is 79.9. The fourth-order valence-corrected chi connectivity index (χ4v) is 10.2. The second-order valence-corrected chi connectivity index (χ2v) is 13.4. The van der Waals surface area contributed by atoms with E-state index in [0.717, 1.165) is 24.8 Å². The van der Waals surface area contributed by atoms with Crippen molar-refractivity contribution >= 4 is 45.4 Å². The number of rotatable bonds is 14. The number of carbonyl (C=O) groups excluding carboxylic acids is 3. The fourth-order valence-electron chi connectivity index (χ4n) is 6.62. The molecule has 1 N–H and O–H groups in total. The van der Waals surface area contributed by atoms with Crippen molar-refractivity contribution in [3.63, 3.8) is 0 Å². The molecule has 0 saturated carbocycles. The summed E-state index contributed by atoms with van der Waals surface area (Å²) in [6, 6.07) is 9.08. The van der Waals surface area contributed by atoms with Gasteiger partial charge in [0.1, 0.15) is 6.04 Å². The summed E-state index contributed by atoms with van der Waals surface area (Å²) < 4.78 is -0.723. The van der Waals surface area contributed by atoms with Gasteiger partial charge in [0, 0.05) is 42.8 Å². The van der Waals surface area contributed by atoms with E-state index in [1.54, 1.807) is 38.6 Å². The number of thioether (sulfide) groups is 1. The second kappa shape index (κ2) is 13.0. The van der Waals surface area contributed by atoms with Crippen molar-refractivity contribution in [2.24, 2.45) is 11.8 Å². The topological polar surface area (TPSA) is 81.2 Å². The molecule has 3 unspecified atom stereocenters. The van der Waals surface area contributed by atoms with Gasteiger partial charge < -0.3 is 19.8 Å². The summed E-state index contributed by atoms with van der Waals surface area (Å²) in [5.41, 5.74) is 1.01. The largest absolute Gasteiger partial charge is 0.395 e. The lowest BCUT2D eigenvalue weighted by Gasteiger charge is -2.38. The monoisotopic (exact) mass is 617 g/mol. The van der Waals surface area contributed by atoms with Crippen LogP contribution in [-0.4, -0.2) is 91.2 Å². The number of amides is 3. The lowest BCUT2D eigenvalue weighted by atomic mass is 9.70. The van der Waals surface area contributed by atoms with E-state index in [4.69, 9.17) is 0 Å². The minimum absolute atomic E-state index is 0.000119. The van der Waals surface area contributed by atoms with Crippen LogP contribution >= 0.6 is 27.7 Å². The summed E-state index contributed by atoms with van der Waals surface area (Å²) in [5, 5.41) is 9.79. The quantitative estimate of drug-likeness (QED) is 0.195. The molecular formula is C30H40BrN3O4S. The van der Waals surface area contributed by atoms with Crippen molar-refractivity contribution in [3.05, 3.63) is 61.2 Å². The van der Waals surface area contributed by atoms with Gasteiger partial charge in [0.15, 0.2) is 0 Å². The summed E-state index contributed by atoms with van der Waals surface area (Å²) in [6.07, 6.45) is 6.99. The highest BCUT2D eigenvalue weighted by Gasteiger charge is 2.76. The van der Waals surface area contributed by atoms with Crippen LogP contribution in [0, 0.1) is 11.8 Å². The van der Waals surface area contributed by atoms with Gasteiger partial charge >= 0.3 is 0 Å². The van der Waals surface area contributed by atoms with Gasteiger partial charge in [-0.3, -0.25) is 14.4 Å². The average molecular weight is 619 g/mol. The molecule has 0 radical (unpaired) electrons. The van der Waals surface area contributed by atoms with Crippen LogP contribution in [0.2, 0.25) is 0 Å². The predicted molar refractivity (Wildman–Crippen MR) is 159 cm³/mol. The summed E-state index contributed by atoms with van der Waals surface area (Å²) in [5.74, 6) is -1.55. The number of β-amino-alcohol motifs (C(OH)–C–C–N with tert-alkyl or cyclic N) is 1. The maximum Gasteiger partial charge on any atom is 0.247 e. The van der Waals surface area contributed by atoms with Crippen molar-refractivity contribution < 1.29 is 19.5 Å². The van der Waals surface area contributed by atoms with Crippen LogP contribution < -0.4 is 0 Å². The van der Waals surface area contributed by atoms with E-state index < -0.39 is 22.6 Å². The number of likely N-dealkylation sites (tertiary alicyclic amines) is 1. The molecule has 3 aliphatic heterocycles. The number of aliphatic hydroxyl groups is 1. The minimum Gasteiger partial charge on any atom is -0.395 e. The van der Waals surface area contributed by atoms with E-state index in [1.807, 2.05) is 30.3 Å². The van der Waals surface area contributed by atoms with E-state index in [1.165, 1.54) is 0 Å². The van der Waals surface area contributed by atoms with Crippen LogP contribution in [0.25, 0.3) is 0 Å². The lowest BCUT2D eigenvalue weighted by Crippen LogP contribution is -2.56. The summed E-state index contributed by atoms with van der Waals surface area (Å²) in [6.45, 7) is 11.5. The van der Waals surface area contributed by atoms with Crippen molar-refractivity contribution in [1.29, 1.82) is 0 Å². The molecule has 6 atom stereocenters. The van der Waals surface area contributed by atoms with Gasteiger partial charge in [0.2, 0.25) is 17.7 Å². The number of unbranched alkanes of at least 4 members (excludes halogenated alkanes) is 2. The van der Waals surface area contributed by atoms with Crippen LogP contribution in [0.4, 0.5) is 0 Å². The molecule has 39 heavy (non-hydrogen) atoms. The Morgan fingerprint density at radius 1 is 1.15 bits per heavy atom. The Labute approximate surface area is 244 Å². The van der Waals surface area contributed by atoms with Gasteiger partial charge in [-0.25, -0.2) is 0 Å². The molecule has 1 aromatic rings. The first-order valence-electron chi connectivity index (χ1n) is 13.9. The Bertz CT molecular complexity index is 1070. The van der Waals surface area contributed by atoms with Crippen molar-refractivity contribution in [2.45, 2.75) is 60.0 Å². The number of aliphatic hydroxyl groups excluding tert-OH is 1. The van der Waals surface area contributed by atoms with Crippen LogP contribution in [0.5, 0.6) is 0 Å². The molecule has 3 fully saturated rings. The number of alkyl halides is 1. The number of nitrogens with zero attached hydrogens (tertiary/aromatic N) is 3. The molecule has 212 valence electrons. The van der Waals surface area contributed by atoms with Gasteiger partial charge in [-0.1, -0.05) is 78.2 Å². The zero-order valence-electron chi connectivity index (χ0n) is 22.7. The Kier molecular flexibility index (Phi) is 9.99. The van der Waals surface area contributed by atoms with E-state index >= 15 is 0 Å². The number of hydrogen-bond donors (Lipinski definition) is 1. The van der Waals surface area contributed by atoms with Crippen molar-refractivity contribution in [3.8, 4) is 0 Å². The molecular weight excluding hydrogens is 578 g/mol. The standard InChI is InChI=1S/C30H40BrN3O4S/c1-4-7-11-16-32(14-5-2)29(38)26-30-19-22(31)25(39-30)23(24(30)28(37)34(26)17-18-35)27(36)33(15-6-3)20-21-12-9-8-10-13-21/h5-6,8-10,12-13,22-26,35H,2-4,7,11,14-20H2,1H3/t22?,23-,24+,25-,26?,30?/m1/s1. The molecule has 1 spiro atoms. The molecule has 3 saturated heterocycles. The van der Waals surface area contributed by atoms with Gasteiger partial charge in [-0.2, -0.15) is 0 Å². The van der Waals surface area contributed by atoms with Crippen molar-refractivity contribution in [1.82, 2.24) is 14.7 Å². The summed E-state index contributed by atoms with van der Waals surface area (Å²) in [4.78, 5) is 47.7. The summed E-state index contributed by atoms with van der Waals surface area (Å²) >= 11 is 5.46. The zero-order valence-corrected chi connectivity index (χ0v) is 25.1. The van der Waals surface area contributed by atoms with E-state index in [0.29, 0.717) is 32.6 Å². The van der Waals surface area contributed by atoms with Crippen molar-refractivity contribution in [2.75, 3.05) is 32.8 Å². The Morgan fingerprint density at radius 3 is 2.49 bits per heavy atom. The third kappa shape index (κ3) is 5.59. The second-order valence-electron chi connectivity index (χ2n) is 10.7. The van der Waals surface area contributed by atoms with Crippen LogP contribution in [0.15, 0.2) is 55.6 Å². The average Bonchev–Trinajstić information content (AvgIpc) is 3.51. The molecule has 9 heteroatoms. The number of carbonyl (C=O) groups is 3. The van der Waals surface area contributed by atoms with Gasteiger partial charge in [0.25, 0.3) is 0 Å². The van der Waals surface area contributed by atoms with E-state index in [2.05, 4.69) is 36.0 Å². The molecule has 2 bridgehead atoms. The molecule has 0 aromatic heterocycles. The first kappa shape index (κ1) is 29.9. The third-order valence-corrected chi connectivity index (χ3v) is 11.4. The molecule has 3 amide bonds. The fraction of sp³-hybridized carbons (Fsp3) is 0.567. The molecule has 3 aliphatic rings. The molecule has 7 nitrogen and oxygen atoms in total. The first-order valence-corrected chi connectivity index (χ1v) is 15.7. The van der Waals surface area contributed by atoms with E-state index in [9.17, 15) is 19.5 Å². The molecule has 1 aromatic carbocycles. The maximum atomic E-state index is 14.2. The zero-order chi connectivity index (χ0) is 28.2.